The molecule has 1 aromatic rings. The summed E-state index contributed by atoms with van der Waals surface area (Å²) in [5.74, 6) is -6.85. The fourth-order valence-corrected chi connectivity index (χ4v) is 1.60. The van der Waals surface area contributed by atoms with E-state index in [2.05, 4.69) is 20.7 Å². The van der Waals surface area contributed by atoms with Crippen LogP contribution in [0.1, 0.15) is 18.9 Å². The Hall–Kier alpha value is -0.780. The lowest BCUT2D eigenvalue weighted by atomic mass is 10.2. The summed E-state index contributed by atoms with van der Waals surface area (Å²) in [5, 5.41) is -0.313. The molecule has 0 aliphatic heterocycles. The molecule has 16 heavy (non-hydrogen) atoms. The van der Waals surface area contributed by atoms with Crippen LogP contribution in [0.2, 0.25) is 0 Å². The third-order valence-electron chi connectivity index (χ3n) is 1.90. The Morgan fingerprint density at radius 3 is 1.88 bits per heavy atom. The van der Waals surface area contributed by atoms with Crippen LogP contribution in [0.15, 0.2) is 0 Å². The first-order valence-electron chi connectivity index (χ1n) is 4.58. The first kappa shape index (κ1) is 13.3. The zero-order chi connectivity index (χ0) is 12.3. The largest absolute Gasteiger partial charge is 0.487 e. The highest BCUT2D eigenvalue weighted by Gasteiger charge is 2.25. The standard InChI is InChI=1S/C10H9BrF4O/c1-2-3-16-10-8(14)6(12)5(4-11)7(13)9(10)15/h2-4H2,1H3. The van der Waals surface area contributed by atoms with Gasteiger partial charge in [-0.05, 0) is 6.42 Å². The fraction of sp³-hybridized carbons (Fsp3) is 0.400. The van der Waals surface area contributed by atoms with Gasteiger partial charge in [-0.15, -0.1) is 0 Å². The van der Waals surface area contributed by atoms with Crippen LogP contribution in [0.25, 0.3) is 0 Å². The predicted octanol–water partition coefficient (Wildman–Crippen LogP) is 3.93. The molecule has 0 amide bonds. The van der Waals surface area contributed by atoms with E-state index >= 15 is 0 Å². The van der Waals surface area contributed by atoms with Crippen LogP contribution in [0.5, 0.6) is 5.75 Å². The minimum absolute atomic E-state index is 0.0135. The average Bonchev–Trinajstić information content (AvgIpc) is 2.27. The lowest BCUT2D eigenvalue weighted by molar-refractivity contribution is 0.270. The van der Waals surface area contributed by atoms with E-state index in [1.165, 1.54) is 0 Å². The predicted molar refractivity (Wildman–Crippen MR) is 54.7 cm³/mol. The van der Waals surface area contributed by atoms with E-state index in [9.17, 15) is 17.6 Å². The molecule has 0 saturated heterocycles. The zero-order valence-corrected chi connectivity index (χ0v) is 10.0. The first-order valence-corrected chi connectivity index (χ1v) is 5.70. The number of halogens is 5. The topological polar surface area (TPSA) is 9.23 Å². The Morgan fingerprint density at radius 2 is 1.50 bits per heavy atom. The van der Waals surface area contributed by atoms with Gasteiger partial charge in [-0.1, -0.05) is 22.9 Å². The van der Waals surface area contributed by atoms with Crippen molar-refractivity contribution in [1.82, 2.24) is 0 Å². The van der Waals surface area contributed by atoms with Crippen molar-refractivity contribution in [1.29, 1.82) is 0 Å². The minimum atomic E-state index is -1.50. The van der Waals surface area contributed by atoms with Gasteiger partial charge in [0.1, 0.15) is 0 Å². The van der Waals surface area contributed by atoms with Crippen LogP contribution in [-0.4, -0.2) is 6.61 Å². The number of benzene rings is 1. The van der Waals surface area contributed by atoms with Gasteiger partial charge in [0.15, 0.2) is 17.4 Å². The Morgan fingerprint density at radius 1 is 1.00 bits per heavy atom. The summed E-state index contributed by atoms with van der Waals surface area (Å²) >= 11 is 2.75. The molecule has 90 valence electrons. The monoisotopic (exact) mass is 300 g/mol. The summed E-state index contributed by atoms with van der Waals surface area (Å²) in [6.07, 6.45) is 0.475. The van der Waals surface area contributed by atoms with Crippen molar-refractivity contribution in [2.45, 2.75) is 18.7 Å². The highest BCUT2D eigenvalue weighted by Crippen LogP contribution is 2.31. The second kappa shape index (κ2) is 5.52. The summed E-state index contributed by atoms with van der Waals surface area (Å²) in [6, 6.07) is 0. The van der Waals surface area contributed by atoms with E-state index in [1.807, 2.05) is 0 Å². The van der Waals surface area contributed by atoms with Gasteiger partial charge < -0.3 is 4.74 Å². The zero-order valence-electron chi connectivity index (χ0n) is 8.42. The van der Waals surface area contributed by atoms with Gasteiger partial charge in [0, 0.05) is 10.9 Å². The summed E-state index contributed by atoms with van der Waals surface area (Å²) in [5.41, 5.74) is -0.682. The molecule has 0 fully saturated rings. The quantitative estimate of drug-likeness (QED) is 0.465. The van der Waals surface area contributed by atoms with Crippen molar-refractivity contribution in [2.24, 2.45) is 0 Å². The van der Waals surface area contributed by atoms with Crippen LogP contribution in [-0.2, 0) is 5.33 Å². The van der Waals surface area contributed by atoms with Crippen LogP contribution >= 0.6 is 15.9 Å². The van der Waals surface area contributed by atoms with Crippen LogP contribution < -0.4 is 4.74 Å². The van der Waals surface area contributed by atoms with Crippen molar-refractivity contribution < 1.29 is 22.3 Å². The van der Waals surface area contributed by atoms with Gasteiger partial charge in [0.2, 0.25) is 11.6 Å². The number of hydrogen-bond acceptors (Lipinski definition) is 1. The van der Waals surface area contributed by atoms with Crippen molar-refractivity contribution in [2.75, 3.05) is 6.61 Å². The Balaban J connectivity index is 3.29. The molecule has 0 atom stereocenters. The van der Waals surface area contributed by atoms with Crippen LogP contribution in [0.3, 0.4) is 0 Å². The van der Waals surface area contributed by atoms with Gasteiger partial charge in [-0.25, -0.2) is 8.78 Å². The van der Waals surface area contributed by atoms with Gasteiger partial charge >= 0.3 is 0 Å². The lowest BCUT2D eigenvalue weighted by Gasteiger charge is -2.11. The summed E-state index contributed by atoms with van der Waals surface area (Å²) < 4.78 is 57.7. The van der Waals surface area contributed by atoms with Gasteiger partial charge in [0.05, 0.1) is 6.61 Å². The Kier molecular flexibility index (Phi) is 4.58. The molecule has 0 saturated carbocycles. The molecule has 0 N–H and O–H groups in total. The molecule has 0 bridgehead atoms. The second-order valence-corrected chi connectivity index (χ2v) is 3.61. The molecule has 0 spiro atoms. The number of alkyl halides is 1. The maximum absolute atomic E-state index is 13.3. The van der Waals surface area contributed by atoms with Crippen LogP contribution in [0.4, 0.5) is 17.6 Å². The SMILES string of the molecule is CCCOc1c(F)c(F)c(CBr)c(F)c1F. The van der Waals surface area contributed by atoms with Crippen molar-refractivity contribution in [3.8, 4) is 5.75 Å². The highest BCUT2D eigenvalue weighted by atomic mass is 79.9. The minimum Gasteiger partial charge on any atom is -0.487 e. The molecule has 0 radical (unpaired) electrons. The third kappa shape index (κ3) is 2.31. The van der Waals surface area contributed by atoms with Crippen molar-refractivity contribution >= 4 is 15.9 Å². The molecule has 0 unspecified atom stereocenters. The molecular formula is C10H9BrF4O. The normalized spacial score (nSPS) is 10.6. The molecular weight excluding hydrogens is 292 g/mol. The second-order valence-electron chi connectivity index (χ2n) is 3.05. The number of hydrogen-bond donors (Lipinski definition) is 0. The maximum Gasteiger partial charge on any atom is 0.204 e. The van der Waals surface area contributed by atoms with E-state index in [4.69, 9.17) is 0 Å². The summed E-state index contributed by atoms with van der Waals surface area (Å²) in [6.45, 7) is 1.69. The molecule has 1 rings (SSSR count). The molecule has 1 aromatic carbocycles. The van der Waals surface area contributed by atoms with E-state index in [1.54, 1.807) is 6.92 Å². The van der Waals surface area contributed by atoms with Crippen LogP contribution in [0, 0.1) is 23.3 Å². The van der Waals surface area contributed by atoms with Gasteiger partial charge in [0.25, 0.3) is 0 Å². The molecule has 0 aromatic heterocycles. The highest BCUT2D eigenvalue weighted by molar-refractivity contribution is 9.08. The van der Waals surface area contributed by atoms with E-state index < -0.39 is 34.6 Å². The Labute approximate surface area is 98.5 Å². The summed E-state index contributed by atoms with van der Waals surface area (Å²) in [7, 11) is 0. The molecule has 0 aliphatic rings. The molecule has 1 nitrogen and oxygen atoms in total. The third-order valence-corrected chi connectivity index (χ3v) is 2.46. The van der Waals surface area contributed by atoms with E-state index in [0.29, 0.717) is 6.42 Å². The molecule has 0 heterocycles. The summed E-state index contributed by atoms with van der Waals surface area (Å²) in [4.78, 5) is 0. The maximum atomic E-state index is 13.3. The van der Waals surface area contributed by atoms with Crippen molar-refractivity contribution in [3.63, 3.8) is 0 Å². The fourth-order valence-electron chi connectivity index (χ4n) is 1.11. The Bertz CT molecular complexity index is 366. The smallest absolute Gasteiger partial charge is 0.204 e. The average molecular weight is 301 g/mol. The molecule has 0 aliphatic carbocycles. The van der Waals surface area contributed by atoms with E-state index in [-0.39, 0.29) is 11.9 Å². The lowest BCUT2D eigenvalue weighted by Crippen LogP contribution is -2.07. The number of ether oxygens (including phenoxy) is 1. The van der Waals surface area contributed by atoms with Gasteiger partial charge in [-0.2, -0.15) is 8.78 Å². The van der Waals surface area contributed by atoms with E-state index in [0.717, 1.165) is 0 Å². The first-order chi connectivity index (χ1) is 7.54. The molecule has 6 heteroatoms. The van der Waals surface area contributed by atoms with Crippen molar-refractivity contribution in [3.05, 3.63) is 28.8 Å². The number of rotatable bonds is 4. The van der Waals surface area contributed by atoms with Gasteiger partial charge in [-0.3, -0.25) is 0 Å².